The topological polar surface area (TPSA) is 103 Å². The van der Waals surface area contributed by atoms with Crippen molar-refractivity contribution in [2.24, 2.45) is 0 Å². The number of hydrogen-bond donors (Lipinski definition) is 1. The Hall–Kier alpha value is -3.08. The SMILES string of the molecule is CCCc1nc(CC)c(Oc2cccc(CC)c2)c(=O)n1Cc1ccc(-c2ccccc2-c2noc(=O)[nH]2)cc1.[K]. The number of H-pyrrole nitrogens is 1. The van der Waals surface area contributed by atoms with Crippen molar-refractivity contribution in [3.63, 3.8) is 0 Å². The second kappa shape index (κ2) is 14.2. The standard InChI is InChI=1S/C32H32N4O4.K/c1-4-10-28-33-27(6-3)29(39-24-12-9-11-21(5-2)19-24)31(37)36(28)20-22-15-17-23(18-16-22)25-13-7-8-14-26(25)30-34-32(38)40-35-30;/h7-9,11-19H,4-6,10,20H2,1-3H3,(H,34,35,38);. The maximum absolute atomic E-state index is 13.9. The zero-order valence-electron chi connectivity index (χ0n) is 23.9. The van der Waals surface area contributed by atoms with Gasteiger partial charge in [0.15, 0.2) is 5.82 Å². The molecule has 2 aromatic heterocycles. The third-order valence-electron chi connectivity index (χ3n) is 6.84. The molecule has 0 spiro atoms. The summed E-state index contributed by atoms with van der Waals surface area (Å²) in [7, 11) is 0. The molecule has 0 bridgehead atoms. The van der Waals surface area contributed by atoms with Crippen LogP contribution in [0.5, 0.6) is 11.5 Å². The number of aryl methyl sites for hydroxylation is 3. The van der Waals surface area contributed by atoms with Crippen molar-refractivity contribution >= 4 is 51.4 Å². The summed E-state index contributed by atoms with van der Waals surface area (Å²) in [5.74, 6) is 1.45. The Morgan fingerprint density at radius 3 is 2.29 bits per heavy atom. The van der Waals surface area contributed by atoms with Gasteiger partial charge in [-0.2, -0.15) is 0 Å². The van der Waals surface area contributed by atoms with E-state index in [0.717, 1.165) is 46.5 Å². The molecule has 9 heteroatoms. The van der Waals surface area contributed by atoms with Crippen LogP contribution in [0.4, 0.5) is 0 Å². The fraction of sp³-hybridized carbons (Fsp3) is 0.250. The molecule has 3 aromatic carbocycles. The first-order valence-electron chi connectivity index (χ1n) is 13.6. The van der Waals surface area contributed by atoms with Crippen molar-refractivity contribution in [2.45, 2.75) is 53.0 Å². The minimum Gasteiger partial charge on any atom is -0.450 e. The van der Waals surface area contributed by atoms with Gasteiger partial charge in [0.25, 0.3) is 5.56 Å². The Bertz CT molecular complexity index is 1740. The molecule has 1 radical (unpaired) electrons. The minimum absolute atomic E-state index is 0. The third kappa shape index (κ3) is 7.05. The second-order valence-electron chi connectivity index (χ2n) is 9.59. The average Bonchev–Trinajstić information content (AvgIpc) is 3.43. The van der Waals surface area contributed by atoms with Crippen LogP contribution < -0.4 is 16.1 Å². The van der Waals surface area contributed by atoms with Gasteiger partial charge in [-0.25, -0.2) is 9.78 Å². The van der Waals surface area contributed by atoms with E-state index in [4.69, 9.17) is 14.2 Å². The molecule has 0 fully saturated rings. The fourth-order valence-corrected chi connectivity index (χ4v) is 4.76. The molecule has 5 rings (SSSR count). The molecule has 2 heterocycles. The molecule has 0 unspecified atom stereocenters. The van der Waals surface area contributed by atoms with Crippen LogP contribution in [0.25, 0.3) is 22.5 Å². The van der Waals surface area contributed by atoms with Crippen molar-refractivity contribution in [3.8, 4) is 34.0 Å². The summed E-state index contributed by atoms with van der Waals surface area (Å²) in [6.07, 6.45) is 3.04. The molecule has 205 valence electrons. The smallest absolute Gasteiger partial charge is 0.439 e. The second-order valence-corrected chi connectivity index (χ2v) is 9.59. The Labute approximate surface area is 281 Å². The van der Waals surface area contributed by atoms with Gasteiger partial charge in [0.2, 0.25) is 5.75 Å². The van der Waals surface area contributed by atoms with Gasteiger partial charge in [0, 0.05) is 63.4 Å². The largest absolute Gasteiger partial charge is 0.450 e. The van der Waals surface area contributed by atoms with Gasteiger partial charge in [-0.3, -0.25) is 18.9 Å². The van der Waals surface area contributed by atoms with Crippen molar-refractivity contribution in [3.05, 3.63) is 116 Å². The first-order valence-corrected chi connectivity index (χ1v) is 13.6. The molecule has 0 aliphatic heterocycles. The van der Waals surface area contributed by atoms with Crippen LogP contribution in [0.15, 0.2) is 86.9 Å². The predicted octanol–water partition coefficient (Wildman–Crippen LogP) is 5.79. The van der Waals surface area contributed by atoms with Gasteiger partial charge in [0.05, 0.1) is 12.2 Å². The molecule has 0 aliphatic rings. The summed E-state index contributed by atoms with van der Waals surface area (Å²) >= 11 is 0. The number of nitrogens with one attached hydrogen (secondary N) is 1. The van der Waals surface area contributed by atoms with Gasteiger partial charge < -0.3 is 4.74 Å². The number of benzene rings is 3. The zero-order valence-corrected chi connectivity index (χ0v) is 27.1. The van der Waals surface area contributed by atoms with Crippen LogP contribution in [0, 0.1) is 0 Å². The summed E-state index contributed by atoms with van der Waals surface area (Å²) < 4.78 is 12.6. The van der Waals surface area contributed by atoms with E-state index in [1.807, 2.05) is 79.7 Å². The number of rotatable bonds is 10. The van der Waals surface area contributed by atoms with Crippen molar-refractivity contribution < 1.29 is 9.26 Å². The Morgan fingerprint density at radius 1 is 0.878 bits per heavy atom. The molecular formula is C32H32KN4O4. The molecule has 0 saturated carbocycles. The number of ether oxygens (including phenoxy) is 1. The zero-order chi connectivity index (χ0) is 28.1. The van der Waals surface area contributed by atoms with E-state index in [1.54, 1.807) is 4.57 Å². The predicted molar refractivity (Wildman–Crippen MR) is 161 cm³/mol. The van der Waals surface area contributed by atoms with E-state index >= 15 is 0 Å². The molecule has 1 N–H and O–H groups in total. The number of aromatic nitrogens is 4. The fourth-order valence-electron chi connectivity index (χ4n) is 4.76. The molecule has 0 amide bonds. The van der Waals surface area contributed by atoms with Crippen molar-refractivity contribution in [2.75, 3.05) is 0 Å². The summed E-state index contributed by atoms with van der Waals surface area (Å²) in [5, 5.41) is 3.84. The Balaban J connectivity index is 0.00000387. The summed E-state index contributed by atoms with van der Waals surface area (Å²) in [5.41, 5.74) is 5.20. The van der Waals surface area contributed by atoms with Gasteiger partial charge >= 0.3 is 5.76 Å². The van der Waals surface area contributed by atoms with Gasteiger partial charge in [-0.15, -0.1) is 0 Å². The van der Waals surface area contributed by atoms with Crippen molar-refractivity contribution in [1.29, 1.82) is 0 Å². The number of nitrogens with zero attached hydrogens (tertiary/aromatic N) is 3. The quantitative estimate of drug-likeness (QED) is 0.212. The molecule has 8 nitrogen and oxygen atoms in total. The Morgan fingerprint density at radius 2 is 1.63 bits per heavy atom. The van der Waals surface area contributed by atoms with Crippen LogP contribution >= 0.6 is 0 Å². The molecule has 5 aromatic rings. The molecule has 0 saturated heterocycles. The maximum Gasteiger partial charge on any atom is 0.439 e. The van der Waals surface area contributed by atoms with E-state index in [-0.39, 0.29) is 62.7 Å². The first kappa shape index (κ1) is 30.9. The molecule has 0 atom stereocenters. The van der Waals surface area contributed by atoms with Crippen molar-refractivity contribution in [1.82, 2.24) is 19.7 Å². The average molecular weight is 576 g/mol. The van der Waals surface area contributed by atoms with Crippen LogP contribution in [0.2, 0.25) is 0 Å². The van der Waals surface area contributed by atoms with Gasteiger partial charge in [-0.05, 0) is 53.6 Å². The van der Waals surface area contributed by atoms with Gasteiger partial charge in [-0.1, -0.05) is 86.6 Å². The summed E-state index contributed by atoms with van der Waals surface area (Å²) in [4.78, 5) is 32.9. The van der Waals surface area contributed by atoms with E-state index in [9.17, 15) is 9.59 Å². The maximum atomic E-state index is 13.9. The van der Waals surface area contributed by atoms with Crippen LogP contribution in [-0.4, -0.2) is 71.1 Å². The first-order chi connectivity index (χ1) is 19.5. The Kier molecular flexibility index (Phi) is 10.7. The van der Waals surface area contributed by atoms with Crippen LogP contribution in [0.1, 0.15) is 49.8 Å². The number of aromatic amines is 1. The third-order valence-corrected chi connectivity index (χ3v) is 6.84. The van der Waals surface area contributed by atoms with E-state index in [1.165, 1.54) is 0 Å². The monoisotopic (exact) mass is 575 g/mol. The minimum atomic E-state index is -0.599. The normalized spacial score (nSPS) is 10.8. The van der Waals surface area contributed by atoms with Gasteiger partial charge in [0.1, 0.15) is 11.6 Å². The number of hydrogen-bond acceptors (Lipinski definition) is 6. The summed E-state index contributed by atoms with van der Waals surface area (Å²) in [6.45, 7) is 6.53. The van der Waals surface area contributed by atoms with E-state index in [2.05, 4.69) is 24.0 Å². The molecular weight excluding hydrogens is 543 g/mol. The van der Waals surface area contributed by atoms with Crippen LogP contribution in [-0.2, 0) is 25.8 Å². The molecule has 0 aliphatic carbocycles. The van der Waals surface area contributed by atoms with E-state index in [0.29, 0.717) is 36.7 Å². The molecule has 41 heavy (non-hydrogen) atoms. The van der Waals surface area contributed by atoms with Crippen LogP contribution in [0.3, 0.4) is 0 Å². The van der Waals surface area contributed by atoms with E-state index < -0.39 is 5.76 Å². The summed E-state index contributed by atoms with van der Waals surface area (Å²) in [6, 6.07) is 23.5.